The second-order valence-electron chi connectivity index (χ2n) is 5.43. The average Bonchev–Trinajstić information content (AvgIpc) is 2.63. The molecule has 102 valence electrons. The minimum atomic E-state index is -0.128. The first-order valence-corrected chi connectivity index (χ1v) is 6.78. The fourth-order valence-corrected chi connectivity index (χ4v) is 2.42. The van der Waals surface area contributed by atoms with Gasteiger partial charge in [-0.25, -0.2) is 4.79 Å². The third-order valence-corrected chi connectivity index (χ3v) is 3.32. The van der Waals surface area contributed by atoms with Crippen molar-refractivity contribution in [3.63, 3.8) is 0 Å². The third kappa shape index (κ3) is 3.34. The molecule has 0 bridgehead atoms. The van der Waals surface area contributed by atoms with E-state index in [1.807, 2.05) is 18.2 Å². The number of amides is 2. The fraction of sp³-hybridized carbons (Fsp3) is 0.467. The summed E-state index contributed by atoms with van der Waals surface area (Å²) in [5, 5.41) is 10.5. The van der Waals surface area contributed by atoms with Gasteiger partial charge in [0.15, 0.2) is 0 Å². The van der Waals surface area contributed by atoms with E-state index in [0.29, 0.717) is 18.3 Å². The third-order valence-electron chi connectivity index (χ3n) is 3.32. The molecular weight excluding hydrogens is 238 g/mol. The number of hydrogen-bond acceptors (Lipinski definition) is 2. The van der Waals surface area contributed by atoms with Crippen LogP contribution in [0.25, 0.3) is 0 Å². The van der Waals surface area contributed by atoms with Crippen LogP contribution in [0.5, 0.6) is 0 Å². The van der Waals surface area contributed by atoms with Crippen molar-refractivity contribution in [2.75, 3.05) is 6.54 Å². The molecule has 2 N–H and O–H groups in total. The molecule has 1 heterocycles. The van der Waals surface area contributed by atoms with Gasteiger partial charge in [0.05, 0.1) is 6.04 Å². The van der Waals surface area contributed by atoms with Crippen LogP contribution in [0.4, 0.5) is 4.79 Å². The van der Waals surface area contributed by atoms with Gasteiger partial charge >= 0.3 is 6.03 Å². The Morgan fingerprint density at radius 2 is 2.00 bits per heavy atom. The lowest BCUT2D eigenvalue weighted by molar-refractivity contribution is 0.196. The monoisotopic (exact) mass is 259 g/mol. The van der Waals surface area contributed by atoms with Crippen molar-refractivity contribution in [3.8, 4) is 0 Å². The van der Waals surface area contributed by atoms with Gasteiger partial charge in [-0.15, -0.1) is 0 Å². The van der Waals surface area contributed by atoms with Gasteiger partial charge in [-0.05, 0) is 24.3 Å². The topological polar surface area (TPSA) is 56.2 Å². The number of hydrogen-bond donors (Lipinski definition) is 2. The van der Waals surface area contributed by atoms with E-state index < -0.39 is 0 Å². The van der Waals surface area contributed by atoms with Crippen molar-refractivity contribution in [3.05, 3.63) is 35.9 Å². The number of nitrogens with zero attached hydrogens (tertiary/aromatic N) is 1. The van der Waals surface area contributed by atoms with Gasteiger partial charge in [0.2, 0.25) is 0 Å². The van der Waals surface area contributed by atoms with E-state index in [-0.39, 0.29) is 12.1 Å². The van der Waals surface area contributed by atoms with Crippen LogP contribution in [0.2, 0.25) is 0 Å². The van der Waals surface area contributed by atoms with E-state index in [4.69, 9.17) is 5.41 Å². The standard InChI is InChI=1S/C15H21N3O/c1-11(2)10-18-13(14(16)17-15(18)19)9-8-12-6-4-3-5-7-12/h3-7,11,13H,8-10H2,1-2H3,(H2,16,17,19). The first kappa shape index (κ1) is 13.6. The van der Waals surface area contributed by atoms with Gasteiger partial charge in [0.25, 0.3) is 0 Å². The normalized spacial score (nSPS) is 19.1. The van der Waals surface area contributed by atoms with E-state index in [1.54, 1.807) is 4.90 Å². The highest BCUT2D eigenvalue weighted by atomic mass is 16.2. The van der Waals surface area contributed by atoms with Crippen molar-refractivity contribution in [2.45, 2.75) is 32.7 Å². The maximum Gasteiger partial charge on any atom is 0.323 e. The SMILES string of the molecule is CC(C)CN1C(=O)NC(=N)C1CCc1ccccc1. The quantitative estimate of drug-likeness (QED) is 0.839. The average molecular weight is 259 g/mol. The maximum absolute atomic E-state index is 11.8. The van der Waals surface area contributed by atoms with Gasteiger partial charge < -0.3 is 4.90 Å². The largest absolute Gasteiger partial charge is 0.323 e. The predicted octanol–water partition coefficient (Wildman–Crippen LogP) is 2.65. The van der Waals surface area contributed by atoms with Crippen LogP contribution in [-0.4, -0.2) is 29.4 Å². The van der Waals surface area contributed by atoms with Gasteiger partial charge in [-0.1, -0.05) is 44.2 Å². The Morgan fingerprint density at radius 3 is 2.63 bits per heavy atom. The summed E-state index contributed by atoms with van der Waals surface area (Å²) in [6.45, 7) is 4.88. The van der Waals surface area contributed by atoms with E-state index in [9.17, 15) is 4.79 Å². The summed E-state index contributed by atoms with van der Waals surface area (Å²) >= 11 is 0. The Bertz CT molecular complexity index is 456. The van der Waals surface area contributed by atoms with E-state index >= 15 is 0 Å². The highest BCUT2D eigenvalue weighted by Crippen LogP contribution is 2.17. The molecule has 1 fully saturated rings. The van der Waals surface area contributed by atoms with Crippen molar-refractivity contribution in [1.29, 1.82) is 5.41 Å². The number of urea groups is 1. The second-order valence-corrected chi connectivity index (χ2v) is 5.43. The molecular formula is C15H21N3O. The van der Waals surface area contributed by atoms with Crippen LogP contribution in [0, 0.1) is 11.3 Å². The summed E-state index contributed by atoms with van der Waals surface area (Å²) in [7, 11) is 0. The molecule has 2 rings (SSSR count). The van der Waals surface area contributed by atoms with Gasteiger partial charge in [-0.2, -0.15) is 0 Å². The van der Waals surface area contributed by atoms with Crippen LogP contribution in [-0.2, 0) is 6.42 Å². The summed E-state index contributed by atoms with van der Waals surface area (Å²) in [5.74, 6) is 0.748. The van der Waals surface area contributed by atoms with Crippen molar-refractivity contribution >= 4 is 11.9 Å². The molecule has 0 spiro atoms. The van der Waals surface area contributed by atoms with Crippen molar-refractivity contribution in [2.24, 2.45) is 5.92 Å². The van der Waals surface area contributed by atoms with Crippen LogP contribution in [0.15, 0.2) is 30.3 Å². The fourth-order valence-electron chi connectivity index (χ4n) is 2.42. The molecule has 4 nitrogen and oxygen atoms in total. The minimum absolute atomic E-state index is 0.102. The molecule has 0 radical (unpaired) electrons. The zero-order chi connectivity index (χ0) is 13.8. The maximum atomic E-state index is 11.8. The lowest BCUT2D eigenvalue weighted by Gasteiger charge is -2.24. The molecule has 2 amide bonds. The zero-order valence-corrected chi connectivity index (χ0v) is 11.5. The van der Waals surface area contributed by atoms with Gasteiger partial charge in [-0.3, -0.25) is 10.7 Å². The number of rotatable bonds is 5. The molecule has 0 saturated carbocycles. The molecule has 1 unspecified atom stereocenters. The number of amidine groups is 1. The Labute approximate surface area is 114 Å². The van der Waals surface area contributed by atoms with Gasteiger partial charge in [0, 0.05) is 6.54 Å². The Morgan fingerprint density at radius 1 is 1.32 bits per heavy atom. The molecule has 19 heavy (non-hydrogen) atoms. The first-order chi connectivity index (χ1) is 9.08. The minimum Gasteiger partial charge on any atom is -0.314 e. The van der Waals surface area contributed by atoms with Crippen LogP contribution in [0.3, 0.4) is 0 Å². The molecule has 1 aliphatic heterocycles. The highest BCUT2D eigenvalue weighted by molar-refractivity contribution is 6.05. The van der Waals surface area contributed by atoms with E-state index in [2.05, 4.69) is 31.3 Å². The lowest BCUT2D eigenvalue weighted by Crippen LogP contribution is -2.38. The first-order valence-electron chi connectivity index (χ1n) is 6.78. The highest BCUT2D eigenvalue weighted by Gasteiger charge is 2.35. The number of benzene rings is 1. The molecule has 1 atom stereocenters. The summed E-state index contributed by atoms with van der Waals surface area (Å²) in [4.78, 5) is 13.6. The molecule has 1 aromatic rings. The molecule has 1 aromatic carbocycles. The summed E-state index contributed by atoms with van der Waals surface area (Å²) < 4.78 is 0. The van der Waals surface area contributed by atoms with Crippen LogP contribution >= 0.6 is 0 Å². The van der Waals surface area contributed by atoms with E-state index in [1.165, 1.54) is 5.56 Å². The Kier molecular flexibility index (Phi) is 4.20. The summed E-state index contributed by atoms with van der Waals surface area (Å²) in [6.07, 6.45) is 1.69. The zero-order valence-electron chi connectivity index (χ0n) is 11.5. The summed E-state index contributed by atoms with van der Waals surface area (Å²) in [6, 6.07) is 9.97. The smallest absolute Gasteiger partial charge is 0.314 e. The van der Waals surface area contributed by atoms with Crippen LogP contribution in [0.1, 0.15) is 25.8 Å². The summed E-state index contributed by atoms with van der Waals surface area (Å²) in [5.41, 5.74) is 1.25. The predicted molar refractivity (Wildman–Crippen MR) is 76.4 cm³/mol. The second kappa shape index (κ2) is 5.87. The number of carbonyl (C=O) groups excluding carboxylic acids is 1. The molecule has 1 saturated heterocycles. The molecule has 1 aliphatic rings. The number of aryl methyl sites for hydroxylation is 1. The van der Waals surface area contributed by atoms with Crippen LogP contribution < -0.4 is 5.32 Å². The van der Waals surface area contributed by atoms with E-state index in [0.717, 1.165) is 12.8 Å². The molecule has 0 aromatic heterocycles. The van der Waals surface area contributed by atoms with Crippen molar-refractivity contribution in [1.82, 2.24) is 10.2 Å². The Hall–Kier alpha value is -1.84. The number of carbonyl (C=O) groups is 1. The van der Waals surface area contributed by atoms with Crippen molar-refractivity contribution < 1.29 is 4.79 Å². The number of nitrogens with one attached hydrogen (secondary N) is 2. The lowest BCUT2D eigenvalue weighted by atomic mass is 10.0. The molecule has 0 aliphatic carbocycles. The van der Waals surface area contributed by atoms with Gasteiger partial charge in [0.1, 0.15) is 5.84 Å². The Balaban J connectivity index is 2.00. The molecule has 4 heteroatoms.